The summed E-state index contributed by atoms with van der Waals surface area (Å²) in [6.07, 6.45) is 2.47. The van der Waals surface area contributed by atoms with E-state index in [4.69, 9.17) is 32.8 Å². The van der Waals surface area contributed by atoms with E-state index >= 15 is 0 Å². The molecule has 1 aromatic carbocycles. The number of hydroxylamine groups is 1. The number of aliphatic imine (C=N–C) groups is 1. The summed E-state index contributed by atoms with van der Waals surface area (Å²) in [5, 5.41) is 0.645. The largest absolute Gasteiger partial charge is 0.479 e. The third kappa shape index (κ3) is 3.82. The minimum absolute atomic E-state index is 0.282. The molecule has 1 unspecified atom stereocenters. The highest BCUT2D eigenvalue weighted by atomic mass is 35.5. The molecule has 0 aliphatic carbocycles. The highest BCUT2D eigenvalue weighted by molar-refractivity contribution is 6.42. The van der Waals surface area contributed by atoms with Crippen molar-refractivity contribution >= 4 is 34.8 Å². The lowest BCUT2D eigenvalue weighted by Gasteiger charge is -2.09. The van der Waals surface area contributed by atoms with Crippen LogP contribution in [-0.2, 0) is 4.84 Å². The maximum atomic E-state index is 12.6. The van der Waals surface area contributed by atoms with Crippen molar-refractivity contribution in [1.82, 2.24) is 20.0 Å². The average Bonchev–Trinajstić information content (AvgIpc) is 3.38. The van der Waals surface area contributed by atoms with E-state index in [1.54, 1.807) is 24.5 Å². The summed E-state index contributed by atoms with van der Waals surface area (Å²) in [6, 6.07) is 8.16. The average molecular weight is 432 g/mol. The standard InChI is InChI=1S/C19H15Cl2N5O3/c1-10-8-26(9-22-10)15-6-5-14(23-18(15)28-2)17-24-19(29-25-17)16(27)11-3-4-12(20)13(21)7-11/h3-9,19H,1-2H3,(H,24,25). The Balaban J connectivity index is 1.60. The molecule has 1 aliphatic rings. The smallest absolute Gasteiger partial charge is 0.239 e. The number of rotatable bonds is 5. The number of aryl methyl sites for hydroxylation is 1. The SMILES string of the molecule is COc1nc(C2=NC(C(=O)c3ccc(Cl)c(Cl)c3)ON2)ccc1-n1cnc(C)c1. The zero-order valence-corrected chi connectivity index (χ0v) is 16.9. The van der Waals surface area contributed by atoms with Gasteiger partial charge in [-0.1, -0.05) is 23.2 Å². The number of methoxy groups -OCH3 is 1. The number of Topliss-reactive ketones (excluding diaryl/α,β-unsaturated/α-hetero) is 1. The normalized spacial score (nSPS) is 15.7. The van der Waals surface area contributed by atoms with Gasteiger partial charge in [0.25, 0.3) is 0 Å². The van der Waals surface area contributed by atoms with Crippen LogP contribution < -0.4 is 10.2 Å². The Morgan fingerprint density at radius 3 is 2.76 bits per heavy atom. The third-order valence-corrected chi connectivity index (χ3v) is 4.95. The summed E-state index contributed by atoms with van der Waals surface area (Å²) in [5.74, 6) is 0.335. The number of halogens is 2. The summed E-state index contributed by atoms with van der Waals surface area (Å²) >= 11 is 11.9. The zero-order chi connectivity index (χ0) is 20.5. The van der Waals surface area contributed by atoms with Gasteiger partial charge in [0.15, 0.2) is 5.84 Å². The fourth-order valence-electron chi connectivity index (χ4n) is 2.77. The van der Waals surface area contributed by atoms with Crippen molar-refractivity contribution < 1.29 is 14.4 Å². The second kappa shape index (κ2) is 7.82. The number of nitrogens with one attached hydrogen (secondary N) is 1. The Labute approximate surface area is 176 Å². The van der Waals surface area contributed by atoms with Crippen LogP contribution in [0.4, 0.5) is 0 Å². The van der Waals surface area contributed by atoms with Crippen LogP contribution in [0.2, 0.25) is 10.0 Å². The lowest BCUT2D eigenvalue weighted by atomic mass is 10.1. The van der Waals surface area contributed by atoms with Gasteiger partial charge in [0.1, 0.15) is 11.4 Å². The number of ether oxygens (including phenoxy) is 1. The maximum Gasteiger partial charge on any atom is 0.239 e. The Hall–Kier alpha value is -2.94. The summed E-state index contributed by atoms with van der Waals surface area (Å²) in [6.45, 7) is 1.89. The van der Waals surface area contributed by atoms with Gasteiger partial charge >= 0.3 is 0 Å². The van der Waals surface area contributed by atoms with E-state index in [1.807, 2.05) is 23.8 Å². The first kappa shape index (κ1) is 19.4. The van der Waals surface area contributed by atoms with Gasteiger partial charge in [-0.25, -0.2) is 25.3 Å². The molecule has 0 spiro atoms. The van der Waals surface area contributed by atoms with Crippen LogP contribution in [0.5, 0.6) is 5.88 Å². The Morgan fingerprint density at radius 1 is 1.24 bits per heavy atom. The molecule has 0 bridgehead atoms. The molecule has 10 heteroatoms. The van der Waals surface area contributed by atoms with E-state index in [0.717, 1.165) is 11.4 Å². The third-order valence-electron chi connectivity index (χ3n) is 4.21. The maximum absolute atomic E-state index is 12.6. The quantitative estimate of drug-likeness (QED) is 0.622. The van der Waals surface area contributed by atoms with Gasteiger partial charge in [0.05, 0.1) is 29.2 Å². The van der Waals surface area contributed by atoms with Crippen LogP contribution >= 0.6 is 23.2 Å². The van der Waals surface area contributed by atoms with Gasteiger partial charge in [-0.05, 0) is 37.3 Å². The number of pyridine rings is 1. The Bertz CT molecular complexity index is 1130. The second-order valence-corrected chi connectivity index (χ2v) is 7.00. The Morgan fingerprint density at radius 2 is 2.07 bits per heavy atom. The zero-order valence-electron chi connectivity index (χ0n) is 15.4. The molecule has 0 amide bonds. The number of aromatic nitrogens is 3. The molecule has 148 valence electrons. The van der Waals surface area contributed by atoms with Gasteiger partial charge < -0.3 is 9.30 Å². The van der Waals surface area contributed by atoms with Gasteiger partial charge in [0, 0.05) is 11.8 Å². The van der Waals surface area contributed by atoms with Crippen molar-refractivity contribution in [2.45, 2.75) is 13.2 Å². The van der Waals surface area contributed by atoms with E-state index in [9.17, 15) is 4.79 Å². The lowest BCUT2D eigenvalue weighted by Crippen LogP contribution is -2.24. The van der Waals surface area contributed by atoms with Gasteiger partial charge in [0.2, 0.25) is 17.9 Å². The number of carbonyl (C=O) groups is 1. The first-order valence-electron chi connectivity index (χ1n) is 8.51. The highest BCUT2D eigenvalue weighted by Crippen LogP contribution is 2.25. The molecule has 0 fully saturated rings. The van der Waals surface area contributed by atoms with E-state index in [1.165, 1.54) is 13.2 Å². The predicted molar refractivity (Wildman–Crippen MR) is 108 cm³/mol. The molecule has 3 aromatic rings. The first-order chi connectivity index (χ1) is 14.0. The molecular formula is C19H15Cl2N5O3. The van der Waals surface area contributed by atoms with E-state index in [2.05, 4.69) is 20.4 Å². The van der Waals surface area contributed by atoms with E-state index < -0.39 is 6.23 Å². The number of hydrogen-bond donors (Lipinski definition) is 1. The summed E-state index contributed by atoms with van der Waals surface area (Å²) < 4.78 is 7.21. The molecule has 1 N–H and O–H groups in total. The minimum Gasteiger partial charge on any atom is -0.479 e. The van der Waals surface area contributed by atoms with Crippen LogP contribution in [0.15, 0.2) is 47.8 Å². The number of amidine groups is 1. The van der Waals surface area contributed by atoms with Crippen LogP contribution in [-0.4, -0.2) is 39.5 Å². The Kier molecular flexibility index (Phi) is 5.23. The highest BCUT2D eigenvalue weighted by Gasteiger charge is 2.28. The lowest BCUT2D eigenvalue weighted by molar-refractivity contribution is 0.0331. The van der Waals surface area contributed by atoms with Crippen molar-refractivity contribution in [3.05, 3.63) is 69.9 Å². The predicted octanol–water partition coefficient (Wildman–Crippen LogP) is 3.38. The van der Waals surface area contributed by atoms with E-state index in [0.29, 0.717) is 28.0 Å². The molecule has 8 nitrogen and oxygen atoms in total. The van der Waals surface area contributed by atoms with Crippen molar-refractivity contribution in [2.24, 2.45) is 4.99 Å². The molecule has 0 saturated heterocycles. The van der Waals surface area contributed by atoms with Crippen LogP contribution in [0, 0.1) is 6.92 Å². The molecule has 0 saturated carbocycles. The monoisotopic (exact) mass is 431 g/mol. The molecule has 1 aliphatic heterocycles. The van der Waals surface area contributed by atoms with E-state index in [-0.39, 0.29) is 10.8 Å². The number of imidazole rings is 1. The number of hydrogen-bond acceptors (Lipinski definition) is 7. The minimum atomic E-state index is -1.06. The molecule has 0 radical (unpaired) electrons. The first-order valence-corrected chi connectivity index (χ1v) is 9.27. The molecular weight excluding hydrogens is 417 g/mol. The number of nitrogens with zero attached hydrogens (tertiary/aromatic N) is 4. The molecule has 2 aromatic heterocycles. The molecule has 29 heavy (non-hydrogen) atoms. The topological polar surface area (TPSA) is 90.6 Å². The van der Waals surface area contributed by atoms with Gasteiger partial charge in [-0.3, -0.25) is 4.79 Å². The van der Waals surface area contributed by atoms with Crippen molar-refractivity contribution in [1.29, 1.82) is 0 Å². The number of benzene rings is 1. The van der Waals surface area contributed by atoms with Crippen LogP contribution in [0.25, 0.3) is 5.69 Å². The van der Waals surface area contributed by atoms with Crippen molar-refractivity contribution in [3.63, 3.8) is 0 Å². The fraction of sp³-hybridized carbons (Fsp3) is 0.158. The molecule has 4 rings (SSSR count). The van der Waals surface area contributed by atoms with Crippen molar-refractivity contribution in [3.8, 4) is 11.6 Å². The fourth-order valence-corrected chi connectivity index (χ4v) is 3.07. The van der Waals surface area contributed by atoms with Crippen LogP contribution in [0.3, 0.4) is 0 Å². The number of ketones is 1. The summed E-state index contributed by atoms with van der Waals surface area (Å²) in [7, 11) is 1.52. The summed E-state index contributed by atoms with van der Waals surface area (Å²) in [5.41, 5.74) is 5.04. The van der Waals surface area contributed by atoms with Gasteiger partial charge in [-0.15, -0.1) is 0 Å². The van der Waals surface area contributed by atoms with Crippen LogP contribution in [0.1, 0.15) is 21.7 Å². The molecule has 3 heterocycles. The van der Waals surface area contributed by atoms with Gasteiger partial charge in [-0.2, -0.15) is 0 Å². The van der Waals surface area contributed by atoms with Crippen molar-refractivity contribution in [2.75, 3.05) is 7.11 Å². The summed E-state index contributed by atoms with van der Waals surface area (Å²) in [4.78, 5) is 30.9. The molecule has 1 atom stereocenters. The second-order valence-electron chi connectivity index (χ2n) is 6.19. The number of carbonyl (C=O) groups excluding carboxylic acids is 1.